The summed E-state index contributed by atoms with van der Waals surface area (Å²) in [5, 5.41) is 20.4. The maximum absolute atomic E-state index is 12.8. The van der Waals surface area contributed by atoms with Gasteiger partial charge in [0.2, 0.25) is 0 Å². The Morgan fingerprint density at radius 3 is 2.49 bits per heavy atom. The number of ether oxygens (including phenoxy) is 1. The predicted molar refractivity (Wildman–Crippen MR) is 138 cm³/mol. The summed E-state index contributed by atoms with van der Waals surface area (Å²) < 4.78 is 7.01. The fraction of sp³-hybridized carbons (Fsp3) is 0.346. The molecule has 1 aromatic heterocycles. The third kappa shape index (κ3) is 5.06. The first-order valence-electron chi connectivity index (χ1n) is 11.4. The molecule has 2 aromatic carbocycles. The number of halogens is 1. The van der Waals surface area contributed by atoms with Gasteiger partial charge in [-0.15, -0.1) is 11.3 Å². The molecule has 9 heteroatoms. The minimum atomic E-state index is -0.991. The van der Waals surface area contributed by atoms with E-state index in [1.165, 1.54) is 16.2 Å². The van der Waals surface area contributed by atoms with Crippen molar-refractivity contribution in [3.8, 4) is 10.4 Å². The molecule has 0 atom stereocenters. The molecule has 1 aliphatic carbocycles. The number of aromatic carboxylic acids is 1. The Balaban J connectivity index is 1.68. The van der Waals surface area contributed by atoms with Crippen LogP contribution in [-0.2, 0) is 16.1 Å². The third-order valence-electron chi connectivity index (χ3n) is 6.50. The molecule has 1 saturated carbocycles. The van der Waals surface area contributed by atoms with Crippen LogP contribution in [0.1, 0.15) is 48.5 Å². The second-order valence-corrected chi connectivity index (χ2v) is 10.6. The summed E-state index contributed by atoms with van der Waals surface area (Å²) in [7, 11) is 0. The number of amides is 1. The molecule has 1 aliphatic rings. The van der Waals surface area contributed by atoms with Gasteiger partial charge in [-0.25, -0.2) is 9.59 Å². The summed E-state index contributed by atoms with van der Waals surface area (Å²) in [4.78, 5) is 38.9. The molecule has 0 aliphatic heterocycles. The van der Waals surface area contributed by atoms with E-state index in [0.29, 0.717) is 18.4 Å². The highest BCUT2D eigenvalue weighted by Crippen LogP contribution is 2.44. The Labute approximate surface area is 215 Å². The maximum atomic E-state index is 12.8. The lowest BCUT2D eigenvalue weighted by Crippen LogP contribution is -2.44. The molecule has 3 aromatic rings. The van der Waals surface area contributed by atoms with Crippen molar-refractivity contribution in [1.82, 2.24) is 4.90 Å². The van der Waals surface area contributed by atoms with Crippen molar-refractivity contribution in [3.05, 3.63) is 58.1 Å². The van der Waals surface area contributed by atoms with Crippen molar-refractivity contribution in [3.63, 3.8) is 0 Å². The number of fused-ring (bicyclic) bond motifs is 1. The van der Waals surface area contributed by atoms with Gasteiger partial charge in [0.1, 0.15) is 0 Å². The van der Waals surface area contributed by atoms with Crippen LogP contribution in [0.15, 0.2) is 46.9 Å². The van der Waals surface area contributed by atoms with Gasteiger partial charge in [-0.1, -0.05) is 37.1 Å². The first-order valence-corrected chi connectivity index (χ1v) is 13.1. The number of thiophene rings is 1. The molecular formula is C26H26BrNO6S. The highest BCUT2D eigenvalue weighted by Gasteiger charge is 2.43. The highest BCUT2D eigenvalue weighted by molar-refractivity contribution is 9.10. The van der Waals surface area contributed by atoms with Gasteiger partial charge in [0.25, 0.3) is 0 Å². The van der Waals surface area contributed by atoms with Gasteiger partial charge in [-0.05, 0) is 59.5 Å². The van der Waals surface area contributed by atoms with E-state index < -0.39 is 23.4 Å². The highest BCUT2D eigenvalue weighted by atomic mass is 79.9. The largest absolute Gasteiger partial charge is 0.481 e. The van der Waals surface area contributed by atoms with Crippen LogP contribution in [0, 0.1) is 5.41 Å². The molecule has 2 N–H and O–H groups in total. The summed E-state index contributed by atoms with van der Waals surface area (Å²) >= 11 is 5.15. The Bertz CT molecular complexity index is 1280. The lowest BCUT2D eigenvalue weighted by molar-refractivity contribution is -0.149. The van der Waals surface area contributed by atoms with E-state index >= 15 is 0 Å². The van der Waals surface area contributed by atoms with Crippen LogP contribution < -0.4 is 0 Å². The molecule has 1 amide bonds. The molecule has 1 heterocycles. The van der Waals surface area contributed by atoms with E-state index in [2.05, 4.69) is 15.9 Å². The second-order valence-electron chi connectivity index (χ2n) is 8.77. The molecule has 184 valence electrons. The van der Waals surface area contributed by atoms with Crippen LogP contribution in [0.4, 0.5) is 4.79 Å². The average molecular weight is 560 g/mol. The topological polar surface area (TPSA) is 104 Å². The normalized spacial score (nSPS) is 14.7. The van der Waals surface area contributed by atoms with Crippen LogP contribution >= 0.6 is 27.3 Å². The monoisotopic (exact) mass is 559 g/mol. The van der Waals surface area contributed by atoms with Crippen molar-refractivity contribution >= 4 is 55.4 Å². The van der Waals surface area contributed by atoms with Crippen LogP contribution in [0.5, 0.6) is 0 Å². The number of hydrogen-bond donors (Lipinski definition) is 2. The van der Waals surface area contributed by atoms with Gasteiger partial charge in [-0.2, -0.15) is 0 Å². The van der Waals surface area contributed by atoms with Crippen molar-refractivity contribution < 1.29 is 29.3 Å². The summed E-state index contributed by atoms with van der Waals surface area (Å²) in [6, 6.07) is 12.7. The standard InChI is InChI=1S/C26H26BrNO6S/c1-2-34-25(33)28(15-26(24(31)32)11-5-6-12-26)14-16-9-10-20-19(13-16)21(27)22(35-20)17-7-3-4-8-18(17)23(29)30/h3-4,7-10,13H,2,5-6,11-12,14-15H2,1H3,(H,29,30)(H,31,32). The Morgan fingerprint density at radius 1 is 1.11 bits per heavy atom. The molecule has 0 saturated heterocycles. The zero-order valence-electron chi connectivity index (χ0n) is 19.3. The number of benzene rings is 2. The Hall–Kier alpha value is -2.91. The zero-order valence-corrected chi connectivity index (χ0v) is 21.7. The van der Waals surface area contributed by atoms with Gasteiger partial charge in [0.05, 0.1) is 22.5 Å². The minimum absolute atomic E-state index is 0.0985. The van der Waals surface area contributed by atoms with Gasteiger partial charge in [0, 0.05) is 33.2 Å². The fourth-order valence-corrected chi connectivity index (χ4v) is 6.76. The first kappa shape index (κ1) is 25.2. The summed E-state index contributed by atoms with van der Waals surface area (Å²) in [5.74, 6) is -1.86. The Morgan fingerprint density at radius 2 is 1.83 bits per heavy atom. The zero-order chi connectivity index (χ0) is 25.2. The fourth-order valence-electron chi connectivity index (χ4n) is 4.73. The number of nitrogens with zero attached hydrogens (tertiary/aromatic N) is 1. The molecule has 0 unspecified atom stereocenters. The number of carboxylic acids is 2. The number of hydrogen-bond acceptors (Lipinski definition) is 5. The van der Waals surface area contributed by atoms with E-state index in [-0.39, 0.29) is 25.3 Å². The lowest BCUT2D eigenvalue weighted by atomic mass is 9.85. The minimum Gasteiger partial charge on any atom is -0.481 e. The molecule has 0 radical (unpaired) electrons. The smallest absolute Gasteiger partial charge is 0.410 e. The number of carbonyl (C=O) groups excluding carboxylic acids is 1. The van der Waals surface area contributed by atoms with E-state index in [9.17, 15) is 24.6 Å². The lowest BCUT2D eigenvalue weighted by Gasteiger charge is -2.31. The number of carbonyl (C=O) groups is 3. The summed E-state index contributed by atoms with van der Waals surface area (Å²) in [5.41, 5.74) is 0.741. The van der Waals surface area contributed by atoms with Crippen molar-refractivity contribution in [2.45, 2.75) is 39.2 Å². The Kier molecular flexibility index (Phi) is 7.47. The quantitative estimate of drug-likeness (QED) is 0.321. The van der Waals surface area contributed by atoms with Crippen LogP contribution in [0.25, 0.3) is 20.5 Å². The van der Waals surface area contributed by atoms with Crippen molar-refractivity contribution in [2.75, 3.05) is 13.2 Å². The first-order chi connectivity index (χ1) is 16.8. The molecule has 0 bridgehead atoms. The van der Waals surface area contributed by atoms with E-state index in [1.54, 1.807) is 25.1 Å². The van der Waals surface area contributed by atoms with Gasteiger partial charge >= 0.3 is 18.0 Å². The molecule has 7 nitrogen and oxygen atoms in total. The van der Waals surface area contributed by atoms with Gasteiger partial charge in [0.15, 0.2) is 0 Å². The van der Waals surface area contributed by atoms with Crippen molar-refractivity contribution in [1.29, 1.82) is 0 Å². The second kappa shape index (κ2) is 10.4. The van der Waals surface area contributed by atoms with Gasteiger partial charge < -0.3 is 19.8 Å². The maximum Gasteiger partial charge on any atom is 0.410 e. The van der Waals surface area contributed by atoms with Crippen molar-refractivity contribution in [2.24, 2.45) is 5.41 Å². The SMILES string of the molecule is CCOC(=O)N(Cc1ccc2sc(-c3ccccc3C(=O)O)c(Br)c2c1)CC1(C(=O)O)CCCC1. The molecule has 35 heavy (non-hydrogen) atoms. The molecule has 4 rings (SSSR count). The van der Waals surface area contributed by atoms with Gasteiger partial charge in [-0.3, -0.25) is 4.79 Å². The predicted octanol–water partition coefficient (Wildman–Crippen LogP) is 6.63. The van der Waals surface area contributed by atoms with E-state index in [0.717, 1.165) is 37.8 Å². The molecule has 0 spiro atoms. The number of carboxylic acid groups (broad SMARTS) is 2. The van der Waals surface area contributed by atoms with E-state index in [1.807, 2.05) is 24.3 Å². The molecular weight excluding hydrogens is 534 g/mol. The average Bonchev–Trinajstić information content (AvgIpc) is 3.44. The third-order valence-corrected chi connectivity index (χ3v) is 8.79. The summed E-state index contributed by atoms with van der Waals surface area (Å²) in [6.07, 6.45) is 2.22. The van der Waals surface area contributed by atoms with Crippen LogP contribution in [-0.4, -0.2) is 46.3 Å². The van der Waals surface area contributed by atoms with E-state index in [4.69, 9.17) is 4.74 Å². The molecule has 1 fully saturated rings. The summed E-state index contributed by atoms with van der Waals surface area (Å²) in [6.45, 7) is 2.24. The van der Waals surface area contributed by atoms with Crippen LogP contribution in [0.2, 0.25) is 0 Å². The van der Waals surface area contributed by atoms with Crippen LogP contribution in [0.3, 0.4) is 0 Å². The number of aliphatic carboxylic acids is 1. The number of rotatable bonds is 8.